The topological polar surface area (TPSA) is 60.8 Å². The van der Waals surface area contributed by atoms with Crippen molar-refractivity contribution in [3.8, 4) is 5.75 Å². The van der Waals surface area contributed by atoms with Crippen molar-refractivity contribution >= 4 is 5.97 Å². The third-order valence-electron chi connectivity index (χ3n) is 3.72. The number of nitrogens with zero attached hydrogens (tertiary/aromatic N) is 1. The molecule has 2 N–H and O–H groups in total. The van der Waals surface area contributed by atoms with Gasteiger partial charge in [-0.05, 0) is 24.1 Å². The molecular formula is C13H13F4NO3. The molecule has 0 radical (unpaired) electrons. The molecule has 1 aliphatic rings. The van der Waals surface area contributed by atoms with E-state index in [1.165, 1.54) is 11.0 Å². The SMILES string of the molecule is O=C(O)C1(C(F)(F)F)CCN(Cc2ccc(O)c(F)c2)C1. The number of benzene rings is 1. The van der Waals surface area contributed by atoms with E-state index in [9.17, 15) is 22.4 Å². The van der Waals surface area contributed by atoms with Gasteiger partial charge in [-0.1, -0.05) is 6.07 Å². The Labute approximate surface area is 117 Å². The first-order chi connectivity index (χ1) is 9.65. The van der Waals surface area contributed by atoms with Crippen molar-refractivity contribution in [2.75, 3.05) is 13.1 Å². The number of phenols is 1. The number of aromatic hydroxyl groups is 1. The molecule has 0 bridgehead atoms. The van der Waals surface area contributed by atoms with Gasteiger partial charge in [0.2, 0.25) is 0 Å². The van der Waals surface area contributed by atoms with Crippen molar-refractivity contribution in [3.05, 3.63) is 29.6 Å². The van der Waals surface area contributed by atoms with Crippen LogP contribution >= 0.6 is 0 Å². The Kier molecular flexibility index (Phi) is 3.83. The van der Waals surface area contributed by atoms with Gasteiger partial charge in [-0.15, -0.1) is 0 Å². The van der Waals surface area contributed by atoms with Gasteiger partial charge < -0.3 is 10.2 Å². The zero-order valence-electron chi connectivity index (χ0n) is 10.8. The Bertz CT molecular complexity index is 561. The molecule has 1 fully saturated rings. The molecule has 1 aromatic carbocycles. The molecule has 0 aromatic heterocycles. The maximum absolute atomic E-state index is 13.2. The van der Waals surface area contributed by atoms with Crippen LogP contribution in [0.2, 0.25) is 0 Å². The fraction of sp³-hybridized carbons (Fsp3) is 0.462. The van der Waals surface area contributed by atoms with Gasteiger partial charge in [-0.2, -0.15) is 13.2 Å². The lowest BCUT2D eigenvalue weighted by Gasteiger charge is -2.27. The van der Waals surface area contributed by atoms with E-state index in [0.717, 1.165) is 12.1 Å². The lowest BCUT2D eigenvalue weighted by Crippen LogP contribution is -2.47. The number of hydrogen-bond acceptors (Lipinski definition) is 3. The van der Waals surface area contributed by atoms with E-state index in [-0.39, 0.29) is 13.1 Å². The van der Waals surface area contributed by atoms with Gasteiger partial charge in [0.05, 0.1) is 0 Å². The third kappa shape index (κ3) is 2.80. The number of halogens is 4. The molecule has 1 unspecified atom stereocenters. The number of carbonyl (C=O) groups is 1. The Morgan fingerprint density at radius 3 is 2.52 bits per heavy atom. The van der Waals surface area contributed by atoms with E-state index in [0.29, 0.717) is 5.56 Å². The Hall–Kier alpha value is -1.83. The van der Waals surface area contributed by atoms with E-state index in [1.807, 2.05) is 0 Å². The molecule has 1 atom stereocenters. The number of alkyl halides is 3. The van der Waals surface area contributed by atoms with Crippen molar-refractivity contribution in [1.29, 1.82) is 0 Å². The van der Waals surface area contributed by atoms with Crippen LogP contribution in [0.4, 0.5) is 17.6 Å². The minimum atomic E-state index is -4.84. The van der Waals surface area contributed by atoms with Gasteiger partial charge in [-0.3, -0.25) is 9.69 Å². The second kappa shape index (κ2) is 5.18. The molecule has 4 nitrogen and oxygen atoms in total. The molecule has 1 aliphatic heterocycles. The number of rotatable bonds is 3. The number of carboxylic acids is 1. The highest BCUT2D eigenvalue weighted by molar-refractivity contribution is 5.76. The molecule has 21 heavy (non-hydrogen) atoms. The molecule has 0 spiro atoms. The highest BCUT2D eigenvalue weighted by Crippen LogP contribution is 2.46. The molecule has 116 valence electrons. The van der Waals surface area contributed by atoms with Crippen molar-refractivity contribution in [2.24, 2.45) is 5.41 Å². The fourth-order valence-electron chi connectivity index (χ4n) is 2.46. The Balaban J connectivity index is 2.14. The lowest BCUT2D eigenvalue weighted by molar-refractivity contribution is -0.227. The predicted molar refractivity (Wildman–Crippen MR) is 64.1 cm³/mol. The van der Waals surface area contributed by atoms with Crippen LogP contribution in [0.5, 0.6) is 5.75 Å². The van der Waals surface area contributed by atoms with Crippen LogP contribution in [0, 0.1) is 11.2 Å². The Morgan fingerprint density at radius 1 is 1.38 bits per heavy atom. The number of phenolic OH excluding ortho intramolecular Hbond substituents is 1. The zero-order valence-corrected chi connectivity index (χ0v) is 10.8. The van der Waals surface area contributed by atoms with E-state index in [1.54, 1.807) is 0 Å². The van der Waals surface area contributed by atoms with Gasteiger partial charge in [0, 0.05) is 19.6 Å². The molecule has 0 saturated carbocycles. The van der Waals surface area contributed by atoms with Crippen LogP contribution < -0.4 is 0 Å². The quantitative estimate of drug-likeness (QED) is 0.842. The molecule has 8 heteroatoms. The summed E-state index contributed by atoms with van der Waals surface area (Å²) < 4.78 is 52.2. The molecule has 1 heterocycles. The average molecular weight is 307 g/mol. The fourth-order valence-corrected chi connectivity index (χ4v) is 2.46. The maximum Gasteiger partial charge on any atom is 0.406 e. The lowest BCUT2D eigenvalue weighted by atomic mass is 9.86. The summed E-state index contributed by atoms with van der Waals surface area (Å²) in [6.45, 7) is -0.731. The van der Waals surface area contributed by atoms with Crippen LogP contribution in [0.25, 0.3) is 0 Å². The Morgan fingerprint density at radius 2 is 2.05 bits per heavy atom. The van der Waals surface area contributed by atoms with E-state index < -0.39 is 42.1 Å². The molecule has 2 rings (SSSR count). The molecular weight excluding hydrogens is 294 g/mol. The molecule has 1 saturated heterocycles. The van der Waals surface area contributed by atoms with Crippen LogP contribution in [-0.4, -0.2) is 40.3 Å². The number of hydrogen-bond donors (Lipinski definition) is 2. The summed E-state index contributed by atoms with van der Waals surface area (Å²) in [7, 11) is 0. The van der Waals surface area contributed by atoms with Crippen LogP contribution in [0.15, 0.2) is 18.2 Å². The minimum Gasteiger partial charge on any atom is -0.505 e. The van der Waals surface area contributed by atoms with Gasteiger partial charge >= 0.3 is 12.1 Å². The largest absolute Gasteiger partial charge is 0.505 e. The van der Waals surface area contributed by atoms with E-state index in [2.05, 4.69) is 0 Å². The van der Waals surface area contributed by atoms with Crippen molar-refractivity contribution in [2.45, 2.75) is 19.1 Å². The van der Waals surface area contributed by atoms with E-state index >= 15 is 0 Å². The molecule has 1 aromatic rings. The summed E-state index contributed by atoms with van der Waals surface area (Å²) in [6, 6.07) is 3.51. The number of aliphatic carboxylic acids is 1. The minimum absolute atomic E-state index is 0.0116. The summed E-state index contributed by atoms with van der Waals surface area (Å²) in [5.74, 6) is -3.31. The van der Waals surface area contributed by atoms with E-state index in [4.69, 9.17) is 10.2 Å². The standard InChI is InChI=1S/C13H13F4NO3/c14-9-5-8(1-2-10(9)19)6-18-4-3-12(7-18,11(20)21)13(15,16)17/h1-2,5,19H,3-4,6-7H2,(H,20,21). The summed E-state index contributed by atoms with van der Waals surface area (Å²) in [4.78, 5) is 12.3. The number of carboxylic acid groups (broad SMARTS) is 1. The molecule has 0 aliphatic carbocycles. The summed E-state index contributed by atoms with van der Waals surface area (Å²) in [6.07, 6.45) is -5.37. The number of likely N-dealkylation sites (tertiary alicyclic amines) is 1. The highest BCUT2D eigenvalue weighted by Gasteiger charge is 2.63. The predicted octanol–water partition coefficient (Wildman–Crippen LogP) is 2.37. The van der Waals surface area contributed by atoms with Crippen LogP contribution in [-0.2, 0) is 11.3 Å². The van der Waals surface area contributed by atoms with Crippen molar-refractivity contribution < 1.29 is 32.6 Å². The second-order valence-electron chi connectivity index (χ2n) is 5.13. The van der Waals surface area contributed by atoms with Crippen molar-refractivity contribution in [3.63, 3.8) is 0 Å². The first-order valence-electron chi connectivity index (χ1n) is 6.15. The highest BCUT2D eigenvalue weighted by atomic mass is 19.4. The van der Waals surface area contributed by atoms with Crippen LogP contribution in [0.1, 0.15) is 12.0 Å². The summed E-state index contributed by atoms with van der Waals surface area (Å²) in [5.41, 5.74) is -2.41. The second-order valence-corrected chi connectivity index (χ2v) is 5.13. The monoisotopic (exact) mass is 307 g/mol. The zero-order chi connectivity index (χ0) is 15.8. The summed E-state index contributed by atoms with van der Waals surface area (Å²) >= 11 is 0. The van der Waals surface area contributed by atoms with Crippen LogP contribution in [0.3, 0.4) is 0 Å². The van der Waals surface area contributed by atoms with Gasteiger partial charge in [0.1, 0.15) is 0 Å². The molecule has 0 amide bonds. The van der Waals surface area contributed by atoms with Gasteiger partial charge in [0.25, 0.3) is 0 Å². The maximum atomic E-state index is 13.2. The van der Waals surface area contributed by atoms with Gasteiger partial charge in [-0.25, -0.2) is 4.39 Å². The third-order valence-corrected chi connectivity index (χ3v) is 3.72. The average Bonchev–Trinajstić information content (AvgIpc) is 2.79. The normalized spacial score (nSPS) is 23.4. The summed E-state index contributed by atoms with van der Waals surface area (Å²) in [5, 5.41) is 18.0. The first kappa shape index (κ1) is 15.6. The smallest absolute Gasteiger partial charge is 0.406 e. The first-order valence-corrected chi connectivity index (χ1v) is 6.15. The van der Waals surface area contributed by atoms with Crippen molar-refractivity contribution in [1.82, 2.24) is 4.90 Å². The van der Waals surface area contributed by atoms with Gasteiger partial charge in [0.15, 0.2) is 17.0 Å².